The highest BCUT2D eigenvalue weighted by molar-refractivity contribution is 5.84. The van der Waals surface area contributed by atoms with Gasteiger partial charge >= 0.3 is 0 Å². The summed E-state index contributed by atoms with van der Waals surface area (Å²) in [6, 6.07) is 10.6. The van der Waals surface area contributed by atoms with Crippen molar-refractivity contribution >= 4 is 11.9 Å². The predicted molar refractivity (Wildman–Crippen MR) is 72.3 cm³/mol. The van der Waals surface area contributed by atoms with Gasteiger partial charge in [0.1, 0.15) is 17.3 Å². The highest BCUT2D eigenvalue weighted by Crippen LogP contribution is 2.21. The molecule has 0 bridgehead atoms. The zero-order valence-electron chi connectivity index (χ0n) is 10.3. The highest BCUT2D eigenvalue weighted by Gasteiger charge is 2.00. The average molecular weight is 260 g/mol. The van der Waals surface area contributed by atoms with Crippen molar-refractivity contribution in [2.75, 3.05) is 12.5 Å². The number of benzene rings is 2. The quantitative estimate of drug-likeness (QED) is 0.656. The number of nitrogens with zero attached hydrogens (tertiary/aromatic N) is 1. The van der Waals surface area contributed by atoms with Gasteiger partial charge in [-0.1, -0.05) is 0 Å². The molecule has 0 aromatic heterocycles. The van der Waals surface area contributed by atoms with Crippen LogP contribution < -0.4 is 10.2 Å². The summed E-state index contributed by atoms with van der Waals surface area (Å²) in [5.41, 5.74) is 3.91. The molecule has 0 spiro atoms. The van der Waals surface area contributed by atoms with E-state index in [4.69, 9.17) is 4.74 Å². The van der Waals surface area contributed by atoms with E-state index in [0.717, 1.165) is 0 Å². The van der Waals surface area contributed by atoms with Crippen molar-refractivity contribution in [1.29, 1.82) is 0 Å². The summed E-state index contributed by atoms with van der Waals surface area (Å²) in [7, 11) is 1.55. The number of methoxy groups -OCH3 is 1. The van der Waals surface area contributed by atoms with Gasteiger partial charge in [-0.2, -0.15) is 5.10 Å². The lowest BCUT2D eigenvalue weighted by Gasteiger charge is -2.03. The molecule has 4 nitrogen and oxygen atoms in total. The SMILES string of the molecule is COc1ccc(O)c(/C=N/Nc2ccc(F)cc2)c1. The lowest BCUT2D eigenvalue weighted by atomic mass is 10.2. The third kappa shape index (κ3) is 3.45. The third-order valence-corrected chi connectivity index (χ3v) is 2.48. The summed E-state index contributed by atoms with van der Waals surface area (Å²) in [5.74, 6) is 0.423. The van der Waals surface area contributed by atoms with Crippen molar-refractivity contribution in [3.63, 3.8) is 0 Å². The molecule has 0 saturated carbocycles. The van der Waals surface area contributed by atoms with Gasteiger partial charge in [0.25, 0.3) is 0 Å². The standard InChI is InChI=1S/C14H13FN2O2/c1-19-13-6-7-14(18)10(8-13)9-16-17-12-4-2-11(15)3-5-12/h2-9,17-18H,1H3/b16-9+. The molecule has 0 aliphatic rings. The second-order valence-electron chi connectivity index (χ2n) is 3.80. The maximum Gasteiger partial charge on any atom is 0.124 e. The smallest absolute Gasteiger partial charge is 0.124 e. The number of halogens is 1. The fraction of sp³-hybridized carbons (Fsp3) is 0.0714. The molecule has 2 N–H and O–H groups in total. The minimum absolute atomic E-state index is 0.102. The lowest BCUT2D eigenvalue weighted by Crippen LogP contribution is -1.92. The molecule has 2 rings (SSSR count). The van der Waals surface area contributed by atoms with Crippen LogP contribution in [0.25, 0.3) is 0 Å². The molecule has 5 heteroatoms. The number of hydrogen-bond donors (Lipinski definition) is 2. The Balaban J connectivity index is 2.08. The van der Waals surface area contributed by atoms with E-state index in [2.05, 4.69) is 10.5 Å². The van der Waals surface area contributed by atoms with Crippen LogP contribution in [0.4, 0.5) is 10.1 Å². The first-order chi connectivity index (χ1) is 9.19. The number of aromatic hydroxyl groups is 1. The van der Waals surface area contributed by atoms with E-state index in [-0.39, 0.29) is 11.6 Å². The first-order valence-electron chi connectivity index (χ1n) is 5.60. The summed E-state index contributed by atoms with van der Waals surface area (Å²) >= 11 is 0. The van der Waals surface area contributed by atoms with Crippen LogP contribution in [-0.2, 0) is 0 Å². The van der Waals surface area contributed by atoms with Gasteiger partial charge in [-0.15, -0.1) is 0 Å². The van der Waals surface area contributed by atoms with E-state index in [9.17, 15) is 9.50 Å². The summed E-state index contributed by atoms with van der Waals surface area (Å²) in [6.45, 7) is 0. The van der Waals surface area contributed by atoms with Crippen molar-refractivity contribution in [3.05, 3.63) is 53.8 Å². The second-order valence-corrected chi connectivity index (χ2v) is 3.80. The van der Waals surface area contributed by atoms with Crippen LogP contribution >= 0.6 is 0 Å². The fourth-order valence-corrected chi connectivity index (χ4v) is 1.46. The van der Waals surface area contributed by atoms with Crippen molar-refractivity contribution in [3.8, 4) is 11.5 Å². The molecule has 0 unspecified atom stereocenters. The van der Waals surface area contributed by atoms with Crippen molar-refractivity contribution < 1.29 is 14.2 Å². The molecule has 0 aliphatic heterocycles. The zero-order valence-corrected chi connectivity index (χ0v) is 10.3. The van der Waals surface area contributed by atoms with Gasteiger partial charge in [-0.25, -0.2) is 4.39 Å². The summed E-state index contributed by atoms with van der Waals surface area (Å²) in [4.78, 5) is 0. The summed E-state index contributed by atoms with van der Waals surface area (Å²) in [5, 5.41) is 13.6. The van der Waals surface area contributed by atoms with E-state index in [1.54, 1.807) is 31.4 Å². The molecular formula is C14H13FN2O2. The van der Waals surface area contributed by atoms with E-state index in [0.29, 0.717) is 17.0 Å². The first-order valence-corrected chi connectivity index (χ1v) is 5.60. The van der Waals surface area contributed by atoms with Crippen LogP contribution in [0.1, 0.15) is 5.56 Å². The Morgan fingerprint density at radius 2 is 1.95 bits per heavy atom. The maximum atomic E-state index is 12.7. The Morgan fingerprint density at radius 1 is 1.21 bits per heavy atom. The number of rotatable bonds is 4. The Labute approximate surface area is 110 Å². The largest absolute Gasteiger partial charge is 0.507 e. The molecule has 0 amide bonds. The third-order valence-electron chi connectivity index (χ3n) is 2.48. The van der Waals surface area contributed by atoms with E-state index in [1.807, 2.05) is 0 Å². The molecule has 0 aliphatic carbocycles. The molecule has 2 aromatic rings. The zero-order chi connectivity index (χ0) is 13.7. The number of phenols is 1. The minimum atomic E-state index is -0.306. The number of hydrogen-bond acceptors (Lipinski definition) is 4. The Kier molecular flexibility index (Phi) is 3.97. The summed E-state index contributed by atoms with van der Waals surface area (Å²) in [6.07, 6.45) is 1.46. The van der Waals surface area contributed by atoms with Crippen LogP contribution in [0, 0.1) is 5.82 Å². The van der Waals surface area contributed by atoms with Crippen LogP contribution in [0.3, 0.4) is 0 Å². The number of nitrogens with one attached hydrogen (secondary N) is 1. The molecule has 98 valence electrons. The van der Waals surface area contributed by atoms with Gasteiger partial charge in [0.2, 0.25) is 0 Å². The molecule has 0 saturated heterocycles. The van der Waals surface area contributed by atoms with Crippen molar-refractivity contribution in [1.82, 2.24) is 0 Å². The molecule has 0 atom stereocenters. The second kappa shape index (κ2) is 5.86. The predicted octanol–water partition coefficient (Wildman–Crippen LogP) is 2.99. The average Bonchev–Trinajstić information content (AvgIpc) is 2.43. The lowest BCUT2D eigenvalue weighted by molar-refractivity contribution is 0.412. The topological polar surface area (TPSA) is 53.9 Å². The molecular weight excluding hydrogens is 247 g/mol. The number of hydrazone groups is 1. The first kappa shape index (κ1) is 12.9. The highest BCUT2D eigenvalue weighted by atomic mass is 19.1. The van der Waals surface area contributed by atoms with E-state index in [1.165, 1.54) is 24.4 Å². The Hall–Kier alpha value is -2.56. The Morgan fingerprint density at radius 3 is 2.63 bits per heavy atom. The van der Waals surface area contributed by atoms with Crippen LogP contribution in [0.2, 0.25) is 0 Å². The van der Waals surface area contributed by atoms with Gasteiger partial charge in [-0.3, -0.25) is 5.43 Å². The molecule has 0 fully saturated rings. The molecule has 0 heterocycles. The van der Waals surface area contributed by atoms with Crippen LogP contribution in [0.15, 0.2) is 47.6 Å². The van der Waals surface area contributed by atoms with E-state index >= 15 is 0 Å². The number of ether oxygens (including phenoxy) is 1. The van der Waals surface area contributed by atoms with E-state index < -0.39 is 0 Å². The van der Waals surface area contributed by atoms with Gasteiger partial charge in [0, 0.05) is 5.56 Å². The summed E-state index contributed by atoms with van der Waals surface area (Å²) < 4.78 is 17.7. The normalized spacial score (nSPS) is 10.6. The number of phenolic OH excluding ortho intramolecular Hbond substituents is 1. The van der Waals surface area contributed by atoms with Gasteiger partial charge in [0.05, 0.1) is 19.0 Å². The monoisotopic (exact) mass is 260 g/mol. The molecule has 0 radical (unpaired) electrons. The Bertz CT molecular complexity index is 582. The molecule has 2 aromatic carbocycles. The van der Waals surface area contributed by atoms with Crippen LogP contribution in [-0.4, -0.2) is 18.4 Å². The van der Waals surface area contributed by atoms with Crippen molar-refractivity contribution in [2.24, 2.45) is 5.10 Å². The van der Waals surface area contributed by atoms with Gasteiger partial charge < -0.3 is 9.84 Å². The van der Waals surface area contributed by atoms with Gasteiger partial charge in [0.15, 0.2) is 0 Å². The van der Waals surface area contributed by atoms with Crippen molar-refractivity contribution in [2.45, 2.75) is 0 Å². The van der Waals surface area contributed by atoms with Gasteiger partial charge in [-0.05, 0) is 42.5 Å². The number of anilines is 1. The fourth-order valence-electron chi connectivity index (χ4n) is 1.46. The maximum absolute atomic E-state index is 12.7. The minimum Gasteiger partial charge on any atom is -0.507 e. The molecule has 19 heavy (non-hydrogen) atoms. The van der Waals surface area contributed by atoms with Crippen LogP contribution in [0.5, 0.6) is 11.5 Å².